The molecule has 0 heterocycles. The molecule has 0 spiro atoms. The average molecular weight is 683 g/mol. The zero-order chi connectivity index (χ0) is 34.9. The van der Waals surface area contributed by atoms with Crippen molar-refractivity contribution in [3.8, 4) is 0 Å². The van der Waals surface area contributed by atoms with Crippen LogP contribution in [0, 0.1) is 0 Å². The standard InChI is InChI=1S/C37H63O9P/c1-3-5-7-8-9-10-12-17-20-23-27-31-37(40)46-35(33-45-47(41,42)43)32-44-36(39)30-26-22-19-16-14-11-13-15-18-21-25-29-34(38)28-24-6-4-2/h11,13,16,18-19,21,25,29,35H,3-10,12,14-15,17,20,22-24,26-28,30-33H2,1-2H3,(H2,41,42,43)/b13-11-,19-16-,21-18-,29-25+/t35-/m1/s1. The van der Waals surface area contributed by atoms with E-state index in [9.17, 15) is 18.9 Å². The van der Waals surface area contributed by atoms with Crippen LogP contribution < -0.4 is 0 Å². The highest BCUT2D eigenvalue weighted by Crippen LogP contribution is 2.35. The third-order valence-corrected chi connectivity index (χ3v) is 7.81. The third kappa shape index (κ3) is 34.8. The van der Waals surface area contributed by atoms with E-state index in [2.05, 4.69) is 18.4 Å². The number of hydrogen-bond acceptors (Lipinski definition) is 7. The van der Waals surface area contributed by atoms with Crippen LogP contribution in [0.1, 0.15) is 149 Å². The lowest BCUT2D eigenvalue weighted by atomic mass is 10.1. The summed E-state index contributed by atoms with van der Waals surface area (Å²) < 4.78 is 26.1. The van der Waals surface area contributed by atoms with Crippen LogP contribution in [-0.2, 0) is 32.9 Å². The first-order valence-electron chi connectivity index (χ1n) is 17.9. The normalized spacial score (nSPS) is 12.9. The summed E-state index contributed by atoms with van der Waals surface area (Å²) in [6.45, 7) is 3.44. The smallest absolute Gasteiger partial charge is 0.462 e. The van der Waals surface area contributed by atoms with E-state index < -0.39 is 32.5 Å². The molecule has 2 N–H and O–H groups in total. The minimum atomic E-state index is -4.77. The quantitative estimate of drug-likeness (QED) is 0.0177. The van der Waals surface area contributed by atoms with Crippen LogP contribution in [0.25, 0.3) is 0 Å². The number of carbonyl (C=O) groups excluding carboxylic acids is 3. The summed E-state index contributed by atoms with van der Waals surface area (Å²) in [5, 5.41) is 0. The van der Waals surface area contributed by atoms with Crippen molar-refractivity contribution in [1.82, 2.24) is 0 Å². The second-order valence-corrected chi connectivity index (χ2v) is 13.1. The Morgan fingerprint density at radius 1 is 0.617 bits per heavy atom. The SMILES string of the molecule is CCCCCCCCCCCCCC(=O)O[C@H](COC(=O)CCC/C=C\C/C=C\C/C=C\C=C\C(=O)CCCCC)COP(=O)(O)O. The first kappa shape index (κ1) is 44.7. The Balaban J connectivity index is 4.14. The van der Waals surface area contributed by atoms with Crippen LogP contribution >= 0.6 is 7.82 Å². The molecule has 0 radical (unpaired) electrons. The van der Waals surface area contributed by atoms with Crippen molar-refractivity contribution in [1.29, 1.82) is 0 Å². The van der Waals surface area contributed by atoms with Crippen molar-refractivity contribution < 1.29 is 42.7 Å². The van der Waals surface area contributed by atoms with E-state index in [1.807, 2.05) is 36.5 Å². The Labute approximate surface area is 284 Å². The number of phosphoric ester groups is 1. The molecule has 270 valence electrons. The van der Waals surface area contributed by atoms with Crippen molar-refractivity contribution in [3.63, 3.8) is 0 Å². The van der Waals surface area contributed by atoms with Gasteiger partial charge >= 0.3 is 19.8 Å². The fraction of sp³-hybridized carbons (Fsp3) is 0.703. The van der Waals surface area contributed by atoms with E-state index in [0.717, 1.165) is 51.4 Å². The Hall–Kier alpha value is -2.32. The van der Waals surface area contributed by atoms with E-state index in [4.69, 9.17) is 19.3 Å². The van der Waals surface area contributed by atoms with Gasteiger partial charge in [-0.1, -0.05) is 133 Å². The largest absolute Gasteiger partial charge is 0.469 e. The molecule has 0 aliphatic rings. The maximum atomic E-state index is 12.3. The van der Waals surface area contributed by atoms with E-state index in [-0.39, 0.29) is 25.2 Å². The monoisotopic (exact) mass is 682 g/mol. The van der Waals surface area contributed by atoms with Crippen LogP contribution in [0.15, 0.2) is 48.6 Å². The predicted molar refractivity (Wildman–Crippen MR) is 189 cm³/mol. The molecule has 0 saturated carbocycles. The highest BCUT2D eigenvalue weighted by atomic mass is 31.2. The topological polar surface area (TPSA) is 136 Å². The minimum Gasteiger partial charge on any atom is -0.462 e. The number of phosphoric acid groups is 1. The molecule has 0 bridgehead atoms. The van der Waals surface area contributed by atoms with Gasteiger partial charge in [0.15, 0.2) is 11.9 Å². The zero-order valence-electron chi connectivity index (χ0n) is 29.2. The lowest BCUT2D eigenvalue weighted by Crippen LogP contribution is -2.29. The van der Waals surface area contributed by atoms with Crippen molar-refractivity contribution in [2.75, 3.05) is 13.2 Å². The van der Waals surface area contributed by atoms with Gasteiger partial charge in [0.2, 0.25) is 0 Å². The van der Waals surface area contributed by atoms with Gasteiger partial charge in [-0.05, 0) is 44.6 Å². The second kappa shape index (κ2) is 32.2. The van der Waals surface area contributed by atoms with Crippen molar-refractivity contribution in [2.24, 2.45) is 0 Å². The van der Waals surface area contributed by atoms with Gasteiger partial charge < -0.3 is 19.3 Å². The fourth-order valence-electron chi connectivity index (χ4n) is 4.61. The maximum Gasteiger partial charge on any atom is 0.469 e. The average Bonchev–Trinajstić information content (AvgIpc) is 3.03. The van der Waals surface area contributed by atoms with Crippen LogP contribution in [-0.4, -0.2) is 46.8 Å². The van der Waals surface area contributed by atoms with Crippen LogP contribution in [0.5, 0.6) is 0 Å². The Bertz CT molecular complexity index is 965. The summed E-state index contributed by atoms with van der Waals surface area (Å²) in [6.07, 6.45) is 34.0. The van der Waals surface area contributed by atoms with Gasteiger partial charge in [0.05, 0.1) is 6.61 Å². The molecule has 0 saturated heterocycles. The van der Waals surface area contributed by atoms with Crippen molar-refractivity contribution in [3.05, 3.63) is 48.6 Å². The number of ether oxygens (including phenoxy) is 2. The number of ketones is 1. The minimum absolute atomic E-state index is 0.165. The molecular formula is C37H63O9P. The summed E-state index contributed by atoms with van der Waals surface area (Å²) in [6, 6.07) is 0. The molecule has 0 aromatic heterocycles. The molecular weight excluding hydrogens is 619 g/mol. The maximum absolute atomic E-state index is 12.3. The number of carbonyl (C=O) groups is 3. The first-order chi connectivity index (χ1) is 22.7. The van der Waals surface area contributed by atoms with E-state index in [0.29, 0.717) is 25.7 Å². The number of esters is 2. The van der Waals surface area contributed by atoms with E-state index in [1.165, 1.54) is 44.9 Å². The second-order valence-electron chi connectivity index (χ2n) is 11.9. The van der Waals surface area contributed by atoms with Crippen molar-refractivity contribution >= 4 is 25.5 Å². The Kier molecular flexibility index (Phi) is 30.6. The van der Waals surface area contributed by atoms with Crippen LogP contribution in [0.4, 0.5) is 0 Å². The van der Waals surface area contributed by atoms with E-state index >= 15 is 0 Å². The molecule has 0 aliphatic heterocycles. The molecule has 47 heavy (non-hydrogen) atoms. The predicted octanol–water partition coefficient (Wildman–Crippen LogP) is 9.58. The highest BCUT2D eigenvalue weighted by molar-refractivity contribution is 7.46. The molecule has 0 rings (SSSR count). The zero-order valence-corrected chi connectivity index (χ0v) is 30.1. The van der Waals surface area contributed by atoms with Gasteiger partial charge in [-0.3, -0.25) is 18.9 Å². The van der Waals surface area contributed by atoms with Gasteiger partial charge in [-0.15, -0.1) is 0 Å². The first-order valence-corrected chi connectivity index (χ1v) is 19.4. The summed E-state index contributed by atoms with van der Waals surface area (Å²) in [4.78, 5) is 54.2. The molecule has 1 atom stereocenters. The van der Waals surface area contributed by atoms with Crippen molar-refractivity contribution in [2.45, 2.75) is 155 Å². The Morgan fingerprint density at radius 2 is 1.15 bits per heavy atom. The molecule has 10 heteroatoms. The molecule has 0 unspecified atom stereocenters. The number of rotatable bonds is 32. The molecule has 9 nitrogen and oxygen atoms in total. The number of unbranched alkanes of at least 4 members (excludes halogenated alkanes) is 13. The molecule has 0 amide bonds. The molecule has 0 aromatic rings. The Morgan fingerprint density at radius 3 is 1.79 bits per heavy atom. The summed E-state index contributed by atoms with van der Waals surface area (Å²) >= 11 is 0. The van der Waals surface area contributed by atoms with Gasteiger partial charge in [-0.25, -0.2) is 4.57 Å². The number of allylic oxidation sites excluding steroid dienone is 8. The van der Waals surface area contributed by atoms with Gasteiger partial charge in [0, 0.05) is 19.3 Å². The lowest BCUT2D eigenvalue weighted by molar-refractivity contribution is -0.161. The lowest BCUT2D eigenvalue weighted by Gasteiger charge is -2.18. The summed E-state index contributed by atoms with van der Waals surface area (Å²) in [5.41, 5.74) is 0. The number of hydrogen-bond donors (Lipinski definition) is 2. The molecule has 0 aromatic carbocycles. The van der Waals surface area contributed by atoms with Gasteiger partial charge in [0.25, 0.3) is 0 Å². The van der Waals surface area contributed by atoms with Crippen LogP contribution in [0.3, 0.4) is 0 Å². The van der Waals surface area contributed by atoms with Gasteiger partial charge in [0.1, 0.15) is 6.61 Å². The highest BCUT2D eigenvalue weighted by Gasteiger charge is 2.22. The van der Waals surface area contributed by atoms with Gasteiger partial charge in [-0.2, -0.15) is 0 Å². The summed E-state index contributed by atoms with van der Waals surface area (Å²) in [5.74, 6) is -0.822. The molecule has 0 aliphatic carbocycles. The fourth-order valence-corrected chi connectivity index (χ4v) is 4.97. The van der Waals surface area contributed by atoms with Crippen LogP contribution in [0.2, 0.25) is 0 Å². The third-order valence-electron chi connectivity index (χ3n) is 7.33. The molecule has 0 fully saturated rings. The van der Waals surface area contributed by atoms with E-state index in [1.54, 1.807) is 12.2 Å². The summed E-state index contributed by atoms with van der Waals surface area (Å²) in [7, 11) is -4.77.